The highest BCUT2D eigenvalue weighted by Crippen LogP contribution is 2.36. The molecule has 3 nitrogen and oxygen atoms in total. The molecule has 1 unspecified atom stereocenters. The number of hydrogen-bond acceptors (Lipinski definition) is 3. The molecule has 0 radical (unpaired) electrons. The van der Waals surface area contributed by atoms with Crippen LogP contribution in [0, 0.1) is 5.82 Å². The topological polar surface area (TPSA) is 26.7 Å². The second-order valence-electron chi connectivity index (χ2n) is 6.54. The standard InChI is InChI=1S/C17H27FN2O/c1-19(2)17(10-6-11-17)13-20(3)12-9-16(21)14-7-4-5-8-15(14)18/h4-5,7-8,16,21H,6,9-13H2,1-3H3. The molecule has 0 saturated heterocycles. The summed E-state index contributed by atoms with van der Waals surface area (Å²) in [6.07, 6.45) is 3.59. The molecule has 0 aliphatic heterocycles. The van der Waals surface area contributed by atoms with Crippen molar-refractivity contribution >= 4 is 0 Å². The Labute approximate surface area is 127 Å². The minimum atomic E-state index is -0.731. The smallest absolute Gasteiger partial charge is 0.128 e. The molecule has 21 heavy (non-hydrogen) atoms. The Morgan fingerprint density at radius 3 is 2.43 bits per heavy atom. The fraction of sp³-hybridized carbons (Fsp3) is 0.647. The van der Waals surface area contributed by atoms with E-state index in [1.807, 2.05) is 0 Å². The van der Waals surface area contributed by atoms with Crippen molar-refractivity contribution in [3.05, 3.63) is 35.6 Å². The quantitative estimate of drug-likeness (QED) is 0.837. The van der Waals surface area contributed by atoms with E-state index in [4.69, 9.17) is 0 Å². The molecule has 0 spiro atoms. The van der Waals surface area contributed by atoms with E-state index < -0.39 is 6.10 Å². The highest BCUT2D eigenvalue weighted by atomic mass is 19.1. The maximum atomic E-state index is 13.6. The molecule has 1 aromatic carbocycles. The van der Waals surface area contributed by atoms with E-state index in [1.54, 1.807) is 18.2 Å². The highest BCUT2D eigenvalue weighted by Gasteiger charge is 2.39. The summed E-state index contributed by atoms with van der Waals surface area (Å²) in [5, 5.41) is 10.2. The molecular weight excluding hydrogens is 267 g/mol. The van der Waals surface area contributed by atoms with Crippen molar-refractivity contribution in [3.8, 4) is 0 Å². The van der Waals surface area contributed by atoms with Gasteiger partial charge >= 0.3 is 0 Å². The van der Waals surface area contributed by atoms with Crippen molar-refractivity contribution in [2.24, 2.45) is 0 Å². The van der Waals surface area contributed by atoms with Crippen molar-refractivity contribution in [1.82, 2.24) is 9.80 Å². The van der Waals surface area contributed by atoms with Crippen LogP contribution < -0.4 is 0 Å². The summed E-state index contributed by atoms with van der Waals surface area (Å²) in [5.74, 6) is -0.323. The SMILES string of the molecule is CN(CCC(O)c1ccccc1F)CC1(N(C)C)CCC1. The van der Waals surface area contributed by atoms with E-state index in [0.717, 1.165) is 13.1 Å². The summed E-state index contributed by atoms with van der Waals surface area (Å²) in [7, 11) is 6.36. The van der Waals surface area contributed by atoms with Gasteiger partial charge in [0, 0.05) is 24.2 Å². The lowest BCUT2D eigenvalue weighted by molar-refractivity contribution is 0.0237. The van der Waals surface area contributed by atoms with Crippen LogP contribution in [-0.4, -0.2) is 54.7 Å². The molecule has 4 heteroatoms. The van der Waals surface area contributed by atoms with E-state index in [9.17, 15) is 9.50 Å². The molecule has 1 saturated carbocycles. The Bertz CT molecular complexity index is 460. The van der Waals surface area contributed by atoms with Crippen LogP contribution >= 0.6 is 0 Å². The predicted octanol–water partition coefficient (Wildman–Crippen LogP) is 2.67. The molecule has 118 valence electrons. The largest absolute Gasteiger partial charge is 0.388 e. The van der Waals surface area contributed by atoms with E-state index in [1.165, 1.54) is 25.3 Å². The first kappa shape index (κ1) is 16.4. The fourth-order valence-electron chi connectivity index (χ4n) is 3.16. The number of nitrogens with zero attached hydrogens (tertiary/aromatic N) is 2. The molecule has 0 amide bonds. The molecule has 1 atom stereocenters. The van der Waals surface area contributed by atoms with E-state index >= 15 is 0 Å². The molecule has 2 rings (SSSR count). The summed E-state index contributed by atoms with van der Waals surface area (Å²) < 4.78 is 13.6. The van der Waals surface area contributed by atoms with E-state index in [0.29, 0.717) is 12.0 Å². The van der Waals surface area contributed by atoms with Crippen LogP contribution in [0.3, 0.4) is 0 Å². The highest BCUT2D eigenvalue weighted by molar-refractivity contribution is 5.19. The number of aliphatic hydroxyl groups is 1. The number of halogens is 1. The van der Waals surface area contributed by atoms with Crippen molar-refractivity contribution < 1.29 is 9.50 Å². The van der Waals surface area contributed by atoms with Crippen molar-refractivity contribution in [3.63, 3.8) is 0 Å². The molecule has 1 aliphatic rings. The van der Waals surface area contributed by atoms with Gasteiger partial charge in [-0.3, -0.25) is 0 Å². The maximum Gasteiger partial charge on any atom is 0.128 e. The van der Waals surface area contributed by atoms with Gasteiger partial charge in [-0.05, 0) is 52.9 Å². The van der Waals surface area contributed by atoms with Crippen LogP contribution in [0.5, 0.6) is 0 Å². The average Bonchev–Trinajstić information content (AvgIpc) is 2.40. The van der Waals surface area contributed by atoms with Gasteiger partial charge in [-0.15, -0.1) is 0 Å². The van der Waals surface area contributed by atoms with Gasteiger partial charge in [0.2, 0.25) is 0 Å². The minimum absolute atomic E-state index is 0.289. The van der Waals surface area contributed by atoms with Gasteiger partial charge < -0.3 is 14.9 Å². The Morgan fingerprint density at radius 1 is 1.24 bits per heavy atom. The first-order chi connectivity index (χ1) is 9.94. The number of aliphatic hydroxyl groups excluding tert-OH is 1. The predicted molar refractivity (Wildman–Crippen MR) is 83.7 cm³/mol. The summed E-state index contributed by atoms with van der Waals surface area (Å²) in [4.78, 5) is 4.57. The lowest BCUT2D eigenvalue weighted by atomic mass is 9.75. The van der Waals surface area contributed by atoms with Crippen LogP contribution in [0.1, 0.15) is 37.4 Å². The Morgan fingerprint density at radius 2 is 1.90 bits per heavy atom. The Balaban J connectivity index is 1.84. The summed E-state index contributed by atoms with van der Waals surface area (Å²) in [5.41, 5.74) is 0.689. The van der Waals surface area contributed by atoms with Crippen LogP contribution in [0.15, 0.2) is 24.3 Å². The zero-order valence-electron chi connectivity index (χ0n) is 13.3. The third-order valence-corrected chi connectivity index (χ3v) is 4.85. The molecule has 0 heterocycles. The van der Waals surface area contributed by atoms with Crippen LogP contribution in [-0.2, 0) is 0 Å². The van der Waals surface area contributed by atoms with E-state index in [-0.39, 0.29) is 11.4 Å². The second kappa shape index (κ2) is 6.86. The van der Waals surface area contributed by atoms with Crippen LogP contribution in [0.25, 0.3) is 0 Å². The van der Waals surface area contributed by atoms with Crippen molar-refractivity contribution in [1.29, 1.82) is 0 Å². The van der Waals surface area contributed by atoms with Gasteiger partial charge in [-0.2, -0.15) is 0 Å². The number of rotatable bonds is 7. The first-order valence-electron chi connectivity index (χ1n) is 7.73. The van der Waals surface area contributed by atoms with Crippen molar-refractivity contribution in [2.75, 3.05) is 34.2 Å². The van der Waals surface area contributed by atoms with Crippen LogP contribution in [0.4, 0.5) is 4.39 Å². The third kappa shape index (κ3) is 3.82. The lowest BCUT2D eigenvalue weighted by Crippen LogP contribution is -2.56. The van der Waals surface area contributed by atoms with Crippen molar-refractivity contribution in [2.45, 2.75) is 37.3 Å². The van der Waals surface area contributed by atoms with Gasteiger partial charge in [0.1, 0.15) is 5.82 Å². The van der Waals surface area contributed by atoms with Gasteiger partial charge in [0.25, 0.3) is 0 Å². The normalized spacial score (nSPS) is 18.8. The zero-order chi connectivity index (χ0) is 15.5. The third-order valence-electron chi connectivity index (χ3n) is 4.85. The first-order valence-corrected chi connectivity index (χ1v) is 7.73. The summed E-state index contributed by atoms with van der Waals surface area (Å²) in [6.45, 7) is 1.77. The number of hydrogen-bond donors (Lipinski definition) is 1. The fourth-order valence-corrected chi connectivity index (χ4v) is 3.16. The molecular formula is C17H27FN2O. The second-order valence-corrected chi connectivity index (χ2v) is 6.54. The zero-order valence-corrected chi connectivity index (χ0v) is 13.3. The summed E-state index contributed by atoms with van der Waals surface area (Å²) >= 11 is 0. The molecule has 1 N–H and O–H groups in total. The molecule has 0 bridgehead atoms. The number of likely N-dealkylation sites (N-methyl/N-ethyl adjacent to an activating group) is 2. The maximum absolute atomic E-state index is 13.6. The van der Waals surface area contributed by atoms with Gasteiger partial charge in [-0.1, -0.05) is 18.2 Å². The Kier molecular flexibility index (Phi) is 5.36. The number of benzene rings is 1. The van der Waals surface area contributed by atoms with Gasteiger partial charge in [-0.25, -0.2) is 4.39 Å². The molecule has 1 fully saturated rings. The molecule has 1 aromatic rings. The van der Waals surface area contributed by atoms with Crippen LogP contribution in [0.2, 0.25) is 0 Å². The van der Waals surface area contributed by atoms with E-state index in [2.05, 4.69) is 30.9 Å². The average molecular weight is 294 g/mol. The van der Waals surface area contributed by atoms with Gasteiger partial charge in [0.05, 0.1) is 6.10 Å². The molecule has 1 aliphatic carbocycles. The lowest BCUT2D eigenvalue weighted by Gasteiger charge is -2.49. The monoisotopic (exact) mass is 294 g/mol. The Hall–Kier alpha value is -0.970. The minimum Gasteiger partial charge on any atom is -0.388 e. The van der Waals surface area contributed by atoms with Gasteiger partial charge in [0.15, 0.2) is 0 Å². The summed E-state index contributed by atoms with van der Waals surface area (Å²) in [6, 6.07) is 6.47. The molecule has 0 aromatic heterocycles.